The Morgan fingerprint density at radius 1 is 0.667 bits per heavy atom. The second-order valence-corrected chi connectivity index (χ2v) is 0.983. The maximum absolute atomic E-state index is 8.89. The molecule has 0 aromatic carbocycles. The van der Waals surface area contributed by atoms with Crippen molar-refractivity contribution in [3.63, 3.8) is 0 Å². The molecule has 0 aliphatic rings. The van der Waals surface area contributed by atoms with Crippen molar-refractivity contribution in [2.75, 3.05) is 0 Å². The number of carbonyl (C=O) groups excluding carboxylic acids is 2. The van der Waals surface area contributed by atoms with Crippen molar-refractivity contribution in [2.24, 2.45) is 0 Å². The number of hydrogen-bond donors (Lipinski definition) is 0. The van der Waals surface area contributed by atoms with E-state index in [4.69, 9.17) is 19.8 Å². The molecular formula is C4H18CaO10. The van der Waals surface area contributed by atoms with Crippen LogP contribution in [0.5, 0.6) is 0 Å². The average molecular weight is 266 g/mol. The summed E-state index contributed by atoms with van der Waals surface area (Å²) in [6, 6.07) is 0. The van der Waals surface area contributed by atoms with Crippen LogP contribution in [0.4, 0.5) is 0 Å². The second-order valence-electron chi connectivity index (χ2n) is 0.983. The van der Waals surface area contributed by atoms with E-state index in [1.165, 1.54) is 0 Å². The maximum atomic E-state index is 8.89. The van der Waals surface area contributed by atoms with Crippen LogP contribution < -0.4 is 10.2 Å². The van der Waals surface area contributed by atoms with Gasteiger partial charge in [-0.15, -0.1) is 0 Å². The van der Waals surface area contributed by atoms with E-state index in [1.54, 1.807) is 0 Å². The monoisotopic (exact) mass is 266 g/mol. The van der Waals surface area contributed by atoms with Gasteiger partial charge in [0.1, 0.15) is 0 Å². The zero-order valence-electron chi connectivity index (χ0n) is 8.34. The quantitative estimate of drug-likeness (QED) is 0.386. The molecule has 0 bridgehead atoms. The third-order valence-corrected chi connectivity index (χ3v) is 0. The molecule has 0 atom stereocenters. The number of carboxylic acid groups (broad SMARTS) is 2. The smallest absolute Gasteiger partial charge is 0.550 e. The fraction of sp³-hybridized carbons (Fsp3) is 0.500. The van der Waals surface area contributed by atoms with Crippen molar-refractivity contribution in [1.82, 2.24) is 0 Å². The van der Waals surface area contributed by atoms with Crippen molar-refractivity contribution in [3.8, 4) is 0 Å². The molecule has 11 heteroatoms. The Labute approximate surface area is 116 Å². The van der Waals surface area contributed by atoms with Crippen molar-refractivity contribution in [2.45, 2.75) is 13.8 Å². The van der Waals surface area contributed by atoms with Gasteiger partial charge in [-0.3, -0.25) is 0 Å². The first-order chi connectivity index (χ1) is 3.46. The SMILES string of the molecule is CC(=O)[O-].CC(=O)[O-].O.O.O.O.O.O.[Ca+2]. The molecule has 0 aromatic rings. The van der Waals surface area contributed by atoms with E-state index < -0.39 is 11.9 Å². The standard InChI is InChI=1S/2C2H4O2.Ca.6H2O/c2*1-2(3)4;;;;;;;/h2*1H3,(H,3,4);;6*1H2/q;;+2;;;;;;/p-2. The molecule has 0 aliphatic heterocycles. The van der Waals surface area contributed by atoms with Crippen LogP contribution in [0.2, 0.25) is 0 Å². The average Bonchev–Trinajstić information content (AvgIpc) is 1.25. The summed E-state index contributed by atoms with van der Waals surface area (Å²) in [5, 5.41) is 17.8. The number of carbonyl (C=O) groups is 2. The molecule has 0 aromatic heterocycles. The molecule has 0 saturated carbocycles. The van der Waals surface area contributed by atoms with E-state index in [0.717, 1.165) is 13.8 Å². The first kappa shape index (κ1) is 82.1. The van der Waals surface area contributed by atoms with Gasteiger partial charge < -0.3 is 52.7 Å². The van der Waals surface area contributed by atoms with Crippen LogP contribution in [0, 0.1) is 0 Å². The maximum Gasteiger partial charge on any atom is 2.00 e. The largest absolute Gasteiger partial charge is 2.00 e. The van der Waals surface area contributed by atoms with E-state index in [1.807, 2.05) is 0 Å². The van der Waals surface area contributed by atoms with Crippen LogP contribution in [0.15, 0.2) is 0 Å². The molecule has 15 heavy (non-hydrogen) atoms. The van der Waals surface area contributed by atoms with Gasteiger partial charge >= 0.3 is 37.7 Å². The Bertz CT molecular complexity index is 75.4. The van der Waals surface area contributed by atoms with E-state index in [-0.39, 0.29) is 70.6 Å². The van der Waals surface area contributed by atoms with Crippen LogP contribution >= 0.6 is 0 Å². The van der Waals surface area contributed by atoms with Crippen molar-refractivity contribution in [1.29, 1.82) is 0 Å². The Morgan fingerprint density at radius 2 is 0.667 bits per heavy atom. The minimum Gasteiger partial charge on any atom is -0.550 e. The Balaban J connectivity index is -0.00000000468. The van der Waals surface area contributed by atoms with Gasteiger partial charge in [-0.25, -0.2) is 0 Å². The first-order valence-corrected chi connectivity index (χ1v) is 1.82. The van der Waals surface area contributed by atoms with Gasteiger partial charge in [-0.05, 0) is 13.8 Å². The summed E-state index contributed by atoms with van der Waals surface area (Å²) in [6.45, 7) is 1.94. The van der Waals surface area contributed by atoms with E-state index in [9.17, 15) is 0 Å². The first-order valence-electron chi connectivity index (χ1n) is 1.82. The fourth-order valence-electron chi connectivity index (χ4n) is 0. The van der Waals surface area contributed by atoms with Crippen LogP contribution in [0.1, 0.15) is 13.8 Å². The molecule has 10 nitrogen and oxygen atoms in total. The van der Waals surface area contributed by atoms with Crippen LogP contribution in [-0.2, 0) is 9.59 Å². The topological polar surface area (TPSA) is 269 Å². The molecule has 0 amide bonds. The molecule has 0 unspecified atom stereocenters. The van der Waals surface area contributed by atoms with Crippen LogP contribution in [0.3, 0.4) is 0 Å². The Kier molecular flexibility index (Phi) is 361. The molecular weight excluding hydrogens is 248 g/mol. The van der Waals surface area contributed by atoms with Gasteiger partial charge in [-0.1, -0.05) is 0 Å². The third-order valence-electron chi connectivity index (χ3n) is 0. The number of hydrogen-bond acceptors (Lipinski definition) is 4. The molecule has 0 aliphatic carbocycles. The van der Waals surface area contributed by atoms with Crippen molar-refractivity contribution >= 4 is 49.7 Å². The molecule has 0 heterocycles. The summed E-state index contributed by atoms with van der Waals surface area (Å²) in [5.74, 6) is -2.17. The number of rotatable bonds is 0. The normalized spacial score (nSPS) is 3.33. The van der Waals surface area contributed by atoms with Gasteiger partial charge in [0.25, 0.3) is 0 Å². The van der Waals surface area contributed by atoms with E-state index in [2.05, 4.69) is 0 Å². The van der Waals surface area contributed by atoms with E-state index >= 15 is 0 Å². The summed E-state index contributed by atoms with van der Waals surface area (Å²) in [7, 11) is 0. The zero-order chi connectivity index (χ0) is 7.15. The summed E-state index contributed by atoms with van der Waals surface area (Å²) < 4.78 is 0. The number of aliphatic carboxylic acids is 2. The predicted octanol–water partition coefficient (Wildman–Crippen LogP) is -7.82. The molecule has 12 N–H and O–H groups in total. The minimum atomic E-state index is -1.08. The molecule has 0 spiro atoms. The number of carboxylic acids is 2. The van der Waals surface area contributed by atoms with Crippen molar-refractivity contribution < 1.29 is 52.7 Å². The van der Waals surface area contributed by atoms with E-state index in [0.29, 0.717) is 0 Å². The second kappa shape index (κ2) is 66.0. The molecule has 0 radical (unpaired) electrons. The van der Waals surface area contributed by atoms with Gasteiger partial charge in [0.15, 0.2) is 0 Å². The summed E-state index contributed by atoms with van der Waals surface area (Å²) >= 11 is 0. The zero-order valence-corrected chi connectivity index (χ0v) is 10.5. The summed E-state index contributed by atoms with van der Waals surface area (Å²) in [5.41, 5.74) is 0. The van der Waals surface area contributed by atoms with Gasteiger partial charge in [0.05, 0.1) is 0 Å². The van der Waals surface area contributed by atoms with Gasteiger partial charge in [0.2, 0.25) is 0 Å². The van der Waals surface area contributed by atoms with Gasteiger partial charge in [0, 0.05) is 11.9 Å². The molecule has 0 saturated heterocycles. The van der Waals surface area contributed by atoms with Gasteiger partial charge in [-0.2, -0.15) is 0 Å². The third kappa shape index (κ3) is 1230000. The summed E-state index contributed by atoms with van der Waals surface area (Å²) in [4.78, 5) is 17.8. The molecule has 0 rings (SSSR count). The summed E-state index contributed by atoms with van der Waals surface area (Å²) in [6.07, 6.45) is 0. The Morgan fingerprint density at radius 3 is 0.667 bits per heavy atom. The molecule has 96 valence electrons. The molecule has 0 fully saturated rings. The van der Waals surface area contributed by atoms with Crippen LogP contribution in [-0.4, -0.2) is 82.5 Å². The predicted molar refractivity (Wildman–Crippen MR) is 48.8 cm³/mol. The van der Waals surface area contributed by atoms with Crippen LogP contribution in [0.25, 0.3) is 0 Å². The minimum absolute atomic E-state index is 0. The fourth-order valence-corrected chi connectivity index (χ4v) is 0. The van der Waals surface area contributed by atoms with Crippen molar-refractivity contribution in [3.05, 3.63) is 0 Å². The Hall–Kier alpha value is -0.0403.